The molecule has 1 aromatic rings. The second-order valence-electron chi connectivity index (χ2n) is 7.13. The highest BCUT2D eigenvalue weighted by Gasteiger charge is 2.21. The molecule has 0 unspecified atom stereocenters. The number of rotatable bonds is 2. The van der Waals surface area contributed by atoms with Gasteiger partial charge in [0, 0.05) is 12.0 Å². The average molecular weight is 270 g/mol. The van der Waals surface area contributed by atoms with Gasteiger partial charge < -0.3 is 0 Å². The fraction of sp³-hybridized carbons (Fsp3) is 0.444. The highest BCUT2D eigenvalue weighted by atomic mass is 28.3. The Morgan fingerprint density at radius 2 is 1.68 bits per heavy atom. The van der Waals surface area contributed by atoms with Crippen molar-refractivity contribution in [1.29, 1.82) is 0 Å². The zero-order valence-corrected chi connectivity index (χ0v) is 14.2. The average Bonchev–Trinajstić information content (AvgIpc) is 2.26. The van der Waals surface area contributed by atoms with Gasteiger partial charge in [0.1, 0.15) is 0 Å². The highest BCUT2D eigenvalue weighted by molar-refractivity contribution is 6.83. The predicted molar refractivity (Wildman–Crippen MR) is 88.8 cm³/mol. The van der Waals surface area contributed by atoms with Crippen molar-refractivity contribution in [3.8, 4) is 11.8 Å². The molecule has 0 amide bonds. The minimum absolute atomic E-state index is 0.240. The van der Waals surface area contributed by atoms with Crippen LogP contribution in [0.2, 0.25) is 19.6 Å². The molecule has 19 heavy (non-hydrogen) atoms. The first kappa shape index (κ1) is 15.8. The normalized spacial score (nSPS) is 12.8. The molecule has 0 aliphatic carbocycles. The maximum Gasteiger partial charge on any atom is 0.0733 e. The summed E-state index contributed by atoms with van der Waals surface area (Å²) >= 11 is 0. The van der Waals surface area contributed by atoms with Crippen LogP contribution < -0.4 is 0 Å². The molecule has 102 valence electrons. The summed E-state index contributed by atoms with van der Waals surface area (Å²) in [5.41, 5.74) is 1.34. The van der Waals surface area contributed by atoms with E-state index in [1.54, 1.807) is 5.20 Å². The van der Waals surface area contributed by atoms with Crippen molar-refractivity contribution in [3.05, 3.63) is 47.2 Å². The summed E-state index contributed by atoms with van der Waals surface area (Å²) in [5.74, 6) is 6.61. The minimum Gasteiger partial charge on any atom is -0.0939 e. The lowest BCUT2D eigenvalue weighted by molar-refractivity contribution is 0.541. The van der Waals surface area contributed by atoms with Gasteiger partial charge in [-0.2, -0.15) is 0 Å². The zero-order chi connectivity index (χ0) is 14.5. The Morgan fingerprint density at radius 1 is 1.11 bits per heavy atom. The first-order chi connectivity index (χ1) is 8.68. The van der Waals surface area contributed by atoms with Gasteiger partial charge in [-0.05, 0) is 17.5 Å². The van der Waals surface area contributed by atoms with E-state index in [0.717, 1.165) is 12.0 Å². The standard InChI is InChI=1S/C18H26Si/c1-18(2,3)15-17(19(4,5)6)14-10-13-16-11-8-7-9-12-16/h7-9,11-12,15H,14H2,1-6H3/b17-15-. The summed E-state index contributed by atoms with van der Waals surface area (Å²) < 4.78 is 0. The molecular weight excluding hydrogens is 244 g/mol. The van der Waals surface area contributed by atoms with Crippen LogP contribution in [0.3, 0.4) is 0 Å². The third-order valence-corrected chi connectivity index (χ3v) is 5.10. The maximum atomic E-state index is 3.35. The van der Waals surface area contributed by atoms with E-state index < -0.39 is 8.07 Å². The van der Waals surface area contributed by atoms with Crippen LogP contribution in [0.15, 0.2) is 41.6 Å². The van der Waals surface area contributed by atoms with Crippen molar-refractivity contribution in [2.24, 2.45) is 5.41 Å². The number of benzene rings is 1. The van der Waals surface area contributed by atoms with Gasteiger partial charge in [-0.1, -0.05) is 81.7 Å². The van der Waals surface area contributed by atoms with Gasteiger partial charge in [0.2, 0.25) is 0 Å². The van der Waals surface area contributed by atoms with Crippen LogP contribution in [-0.4, -0.2) is 8.07 Å². The van der Waals surface area contributed by atoms with Gasteiger partial charge in [0.25, 0.3) is 0 Å². The predicted octanol–water partition coefficient (Wildman–Crippen LogP) is 5.28. The topological polar surface area (TPSA) is 0 Å². The lowest BCUT2D eigenvalue weighted by atomic mass is 9.96. The van der Waals surface area contributed by atoms with E-state index in [2.05, 4.69) is 70.5 Å². The molecule has 0 N–H and O–H groups in total. The maximum absolute atomic E-state index is 3.35. The summed E-state index contributed by atoms with van der Waals surface area (Å²) in [7, 11) is -1.28. The Kier molecular flexibility index (Phi) is 5.20. The Morgan fingerprint density at radius 3 is 2.16 bits per heavy atom. The number of allylic oxidation sites excluding steroid dienone is 2. The van der Waals surface area contributed by atoms with Gasteiger partial charge in [-0.25, -0.2) is 0 Å². The van der Waals surface area contributed by atoms with Crippen LogP contribution in [0.25, 0.3) is 0 Å². The van der Waals surface area contributed by atoms with Gasteiger partial charge in [0.15, 0.2) is 0 Å². The van der Waals surface area contributed by atoms with Crippen molar-refractivity contribution < 1.29 is 0 Å². The molecule has 0 fully saturated rings. The van der Waals surface area contributed by atoms with E-state index in [9.17, 15) is 0 Å². The lowest BCUT2D eigenvalue weighted by Crippen LogP contribution is -2.25. The first-order valence-corrected chi connectivity index (χ1v) is 10.4. The molecule has 0 aliphatic rings. The quantitative estimate of drug-likeness (QED) is 0.507. The Bertz CT molecular complexity index is 484. The molecule has 1 heteroatoms. The van der Waals surface area contributed by atoms with E-state index in [1.165, 1.54) is 0 Å². The summed E-state index contributed by atoms with van der Waals surface area (Å²) in [5, 5.41) is 1.56. The third-order valence-electron chi connectivity index (χ3n) is 2.86. The van der Waals surface area contributed by atoms with Crippen LogP contribution in [0, 0.1) is 17.3 Å². The molecule has 0 saturated carbocycles. The fourth-order valence-electron chi connectivity index (χ4n) is 1.82. The van der Waals surface area contributed by atoms with Crippen LogP contribution in [0.5, 0.6) is 0 Å². The van der Waals surface area contributed by atoms with E-state index >= 15 is 0 Å². The molecule has 0 bridgehead atoms. The van der Waals surface area contributed by atoms with E-state index in [-0.39, 0.29) is 5.41 Å². The summed E-state index contributed by atoms with van der Waals surface area (Å²) in [6.45, 7) is 14.0. The molecule has 0 atom stereocenters. The summed E-state index contributed by atoms with van der Waals surface area (Å²) in [6.07, 6.45) is 3.33. The van der Waals surface area contributed by atoms with Crippen LogP contribution in [0.1, 0.15) is 32.8 Å². The monoisotopic (exact) mass is 270 g/mol. The molecule has 0 radical (unpaired) electrons. The van der Waals surface area contributed by atoms with Gasteiger partial charge in [-0.15, -0.1) is 0 Å². The SMILES string of the molecule is CC(C)(C)/C=C(/CC#Cc1ccccc1)[Si](C)(C)C. The van der Waals surface area contributed by atoms with Crippen LogP contribution >= 0.6 is 0 Å². The lowest BCUT2D eigenvalue weighted by Gasteiger charge is -2.24. The molecule has 0 spiro atoms. The van der Waals surface area contributed by atoms with Crippen molar-refractivity contribution in [2.75, 3.05) is 0 Å². The third kappa shape index (κ3) is 6.45. The highest BCUT2D eigenvalue weighted by Crippen LogP contribution is 2.25. The van der Waals surface area contributed by atoms with E-state index in [0.29, 0.717) is 0 Å². The first-order valence-electron chi connectivity index (χ1n) is 6.95. The summed E-state index contributed by atoms with van der Waals surface area (Å²) in [4.78, 5) is 0. The molecule has 0 nitrogen and oxygen atoms in total. The molecular formula is C18H26Si. The second-order valence-corrected chi connectivity index (χ2v) is 12.3. The Balaban J connectivity index is 2.88. The molecule has 0 heterocycles. The van der Waals surface area contributed by atoms with Crippen molar-refractivity contribution >= 4 is 8.07 Å². The fourth-order valence-corrected chi connectivity index (χ4v) is 3.30. The Hall–Kier alpha value is -1.26. The summed E-state index contributed by atoms with van der Waals surface area (Å²) in [6, 6.07) is 10.2. The Labute approximate surface area is 120 Å². The second kappa shape index (κ2) is 6.26. The van der Waals surface area contributed by atoms with E-state index in [1.807, 2.05) is 18.2 Å². The number of hydrogen-bond donors (Lipinski definition) is 0. The van der Waals surface area contributed by atoms with Crippen LogP contribution in [-0.2, 0) is 0 Å². The van der Waals surface area contributed by atoms with Gasteiger partial charge >= 0.3 is 0 Å². The molecule has 1 aromatic carbocycles. The largest absolute Gasteiger partial charge is 0.0939 e. The smallest absolute Gasteiger partial charge is 0.0733 e. The van der Waals surface area contributed by atoms with Crippen molar-refractivity contribution in [3.63, 3.8) is 0 Å². The molecule has 0 aliphatic heterocycles. The van der Waals surface area contributed by atoms with Crippen LogP contribution in [0.4, 0.5) is 0 Å². The molecule has 1 rings (SSSR count). The van der Waals surface area contributed by atoms with Crippen molar-refractivity contribution in [2.45, 2.75) is 46.8 Å². The minimum atomic E-state index is -1.28. The molecule has 0 aromatic heterocycles. The number of hydrogen-bond acceptors (Lipinski definition) is 0. The van der Waals surface area contributed by atoms with Gasteiger partial charge in [-0.3, -0.25) is 0 Å². The van der Waals surface area contributed by atoms with E-state index in [4.69, 9.17) is 0 Å². The van der Waals surface area contributed by atoms with Crippen molar-refractivity contribution in [1.82, 2.24) is 0 Å². The van der Waals surface area contributed by atoms with Gasteiger partial charge in [0.05, 0.1) is 8.07 Å². The zero-order valence-electron chi connectivity index (χ0n) is 13.2. The molecule has 0 saturated heterocycles.